The molecule has 170 valence electrons. The maximum atomic E-state index is 10.4. The largest absolute Gasteiger partial charge is 0.550 e. The number of rotatable bonds is 12. The Balaban J connectivity index is 1.57. The van der Waals surface area contributed by atoms with Crippen LogP contribution < -0.4 is 10.5 Å². The molecule has 0 saturated heterocycles. The molecule has 3 rings (SSSR count). The summed E-state index contributed by atoms with van der Waals surface area (Å²) in [6.45, 7) is 2.84. The van der Waals surface area contributed by atoms with Crippen LogP contribution in [0.2, 0.25) is 5.02 Å². The third-order valence-corrected chi connectivity index (χ3v) is 5.85. The van der Waals surface area contributed by atoms with Gasteiger partial charge in [0.15, 0.2) is 0 Å². The van der Waals surface area contributed by atoms with Crippen molar-refractivity contribution in [3.63, 3.8) is 0 Å². The first kappa shape index (κ1) is 24.1. The topological polar surface area (TPSA) is 65.6 Å². The average molecular weight is 453 g/mol. The smallest absolute Gasteiger partial charge is 0.136 e. The van der Waals surface area contributed by atoms with Gasteiger partial charge in [-0.1, -0.05) is 80.0 Å². The quantitative estimate of drug-likeness (QED) is 0.306. The first-order valence-corrected chi connectivity index (χ1v) is 11.9. The number of aryl methyl sites for hydroxylation is 1. The van der Waals surface area contributed by atoms with Gasteiger partial charge < -0.3 is 14.3 Å². The van der Waals surface area contributed by atoms with Crippen molar-refractivity contribution in [3.8, 4) is 11.3 Å². The predicted molar refractivity (Wildman–Crippen MR) is 128 cm³/mol. The van der Waals surface area contributed by atoms with Crippen molar-refractivity contribution >= 4 is 28.5 Å². The van der Waals surface area contributed by atoms with E-state index in [-0.39, 0.29) is 6.42 Å². The van der Waals surface area contributed by atoms with Crippen LogP contribution >= 0.6 is 11.6 Å². The van der Waals surface area contributed by atoms with Crippen LogP contribution in [0.5, 0.6) is 0 Å². The molecule has 0 aliphatic heterocycles. The molecule has 0 unspecified atom stereocenters. The molecule has 0 saturated carbocycles. The summed E-state index contributed by atoms with van der Waals surface area (Å²) in [5.74, 6) is -0.140. The van der Waals surface area contributed by atoms with Crippen LogP contribution in [0.25, 0.3) is 22.3 Å². The molecule has 32 heavy (non-hydrogen) atoms. The number of hydrogen-bond donors (Lipinski definition) is 0. The first-order valence-electron chi connectivity index (χ1n) is 11.5. The van der Waals surface area contributed by atoms with Crippen LogP contribution in [0.4, 0.5) is 0 Å². The zero-order valence-corrected chi connectivity index (χ0v) is 19.5. The van der Waals surface area contributed by atoms with Crippen molar-refractivity contribution in [1.82, 2.24) is 0 Å². The standard InChI is InChI=1S/C27H32ClNO3/c1-20-11-13-21(14-12-20)26-19-24(23-18-22(28)15-16-25(23)32-26)29-17-9-7-5-3-2-4-6-8-10-27(30)31/h11-16,18-19H,2-10,17H2,1H3,(H,30,31)/p-1. The second-order valence-corrected chi connectivity index (χ2v) is 8.77. The number of hydrogen-bond acceptors (Lipinski definition) is 4. The summed E-state index contributed by atoms with van der Waals surface area (Å²) in [5.41, 5.74) is 3.03. The van der Waals surface area contributed by atoms with E-state index < -0.39 is 5.97 Å². The summed E-state index contributed by atoms with van der Waals surface area (Å²) in [6.07, 6.45) is 8.69. The van der Waals surface area contributed by atoms with Gasteiger partial charge in [-0.05, 0) is 44.4 Å². The van der Waals surface area contributed by atoms with Gasteiger partial charge in [0.25, 0.3) is 0 Å². The van der Waals surface area contributed by atoms with E-state index in [0.29, 0.717) is 5.02 Å². The minimum Gasteiger partial charge on any atom is -0.550 e. The minimum atomic E-state index is -0.943. The van der Waals surface area contributed by atoms with Crippen molar-refractivity contribution < 1.29 is 14.3 Å². The average Bonchev–Trinajstić information content (AvgIpc) is 2.77. The summed E-state index contributed by atoms with van der Waals surface area (Å²) in [7, 11) is 0. The lowest BCUT2D eigenvalue weighted by Gasteiger charge is -2.06. The van der Waals surface area contributed by atoms with Crippen LogP contribution in [0.3, 0.4) is 0 Å². The van der Waals surface area contributed by atoms with Crippen molar-refractivity contribution in [2.24, 2.45) is 4.99 Å². The van der Waals surface area contributed by atoms with E-state index >= 15 is 0 Å². The molecule has 0 atom stereocenters. The SMILES string of the molecule is Cc1ccc(-c2cc(=NCCCCCCCCCCC(=O)[O-])c3cc(Cl)ccc3o2)cc1. The number of fused-ring (bicyclic) bond motifs is 1. The van der Waals surface area contributed by atoms with E-state index in [2.05, 4.69) is 31.2 Å². The Hall–Kier alpha value is -2.59. The van der Waals surface area contributed by atoms with Gasteiger partial charge in [0.05, 0.1) is 5.36 Å². The zero-order chi connectivity index (χ0) is 22.8. The van der Waals surface area contributed by atoms with Crippen LogP contribution in [0.1, 0.15) is 63.4 Å². The van der Waals surface area contributed by atoms with E-state index in [0.717, 1.165) is 72.7 Å². The molecule has 0 aliphatic carbocycles. The third kappa shape index (κ3) is 7.52. The number of unbranched alkanes of at least 4 members (excludes halogenated alkanes) is 7. The van der Waals surface area contributed by atoms with Crippen molar-refractivity contribution in [2.45, 2.75) is 64.7 Å². The summed E-state index contributed by atoms with van der Waals surface area (Å²) in [6, 6.07) is 16.0. The molecule has 0 spiro atoms. The van der Waals surface area contributed by atoms with Crippen molar-refractivity contribution in [3.05, 3.63) is 64.5 Å². The Kier molecular flexibility index (Phi) is 9.36. The zero-order valence-electron chi connectivity index (χ0n) is 18.7. The minimum absolute atomic E-state index is 0.180. The van der Waals surface area contributed by atoms with Crippen molar-refractivity contribution in [2.75, 3.05) is 6.54 Å². The predicted octanol–water partition coefficient (Wildman–Crippen LogP) is 6.22. The third-order valence-electron chi connectivity index (χ3n) is 5.61. The Morgan fingerprint density at radius 2 is 1.56 bits per heavy atom. The van der Waals surface area contributed by atoms with E-state index in [9.17, 15) is 9.90 Å². The molecule has 2 aromatic carbocycles. The Bertz CT molecular complexity index is 1090. The molecule has 0 radical (unpaired) electrons. The van der Waals surface area contributed by atoms with Crippen molar-refractivity contribution in [1.29, 1.82) is 0 Å². The van der Waals surface area contributed by atoms with Gasteiger partial charge in [-0.2, -0.15) is 0 Å². The molecular weight excluding hydrogens is 422 g/mol. The molecular formula is C27H31ClNO3-. The van der Waals surface area contributed by atoms with Gasteiger partial charge in [0.2, 0.25) is 0 Å². The van der Waals surface area contributed by atoms with Gasteiger partial charge in [-0.3, -0.25) is 4.99 Å². The lowest BCUT2D eigenvalue weighted by atomic mass is 10.1. The summed E-state index contributed by atoms with van der Waals surface area (Å²) >= 11 is 6.23. The first-order chi connectivity index (χ1) is 15.5. The maximum Gasteiger partial charge on any atom is 0.136 e. The number of nitrogens with zero attached hydrogens (tertiary/aromatic N) is 1. The Morgan fingerprint density at radius 1 is 0.906 bits per heavy atom. The molecule has 0 bridgehead atoms. The lowest BCUT2D eigenvalue weighted by molar-refractivity contribution is -0.305. The maximum absolute atomic E-state index is 10.4. The molecule has 1 heterocycles. The van der Waals surface area contributed by atoms with Crippen LogP contribution in [-0.4, -0.2) is 12.5 Å². The summed E-state index contributed by atoms with van der Waals surface area (Å²) in [4.78, 5) is 15.3. The molecule has 4 nitrogen and oxygen atoms in total. The molecule has 0 amide bonds. The fraction of sp³-hybridized carbons (Fsp3) is 0.407. The number of benzene rings is 2. The number of aliphatic carboxylic acids is 1. The Morgan fingerprint density at radius 3 is 2.25 bits per heavy atom. The van der Waals surface area contributed by atoms with Gasteiger partial charge >= 0.3 is 0 Å². The number of carboxylic acid groups (broad SMARTS) is 1. The van der Waals surface area contributed by atoms with Crippen LogP contribution in [0.15, 0.2) is 57.9 Å². The normalized spacial score (nSPS) is 11.9. The molecule has 5 heteroatoms. The number of carbonyl (C=O) groups excluding carboxylic acids is 1. The molecule has 3 aromatic rings. The van der Waals surface area contributed by atoms with Gasteiger partial charge in [0, 0.05) is 34.6 Å². The Labute approximate surface area is 195 Å². The molecule has 1 aromatic heterocycles. The molecule has 0 fully saturated rings. The highest BCUT2D eigenvalue weighted by Gasteiger charge is 2.07. The fourth-order valence-corrected chi connectivity index (χ4v) is 3.95. The summed E-state index contributed by atoms with van der Waals surface area (Å²) in [5, 5.41) is 12.9. The second kappa shape index (κ2) is 12.4. The van der Waals surface area contributed by atoms with Gasteiger partial charge in [0.1, 0.15) is 11.3 Å². The van der Waals surface area contributed by atoms with E-state index in [4.69, 9.17) is 21.0 Å². The molecule has 0 N–H and O–H groups in total. The molecule has 0 aliphatic rings. The highest BCUT2D eigenvalue weighted by Crippen LogP contribution is 2.24. The second-order valence-electron chi connectivity index (χ2n) is 8.33. The fourth-order valence-electron chi connectivity index (χ4n) is 3.77. The van der Waals surface area contributed by atoms with Crippen LogP contribution in [0, 0.1) is 6.92 Å². The monoisotopic (exact) mass is 452 g/mol. The summed E-state index contributed by atoms with van der Waals surface area (Å²) < 4.78 is 6.14. The number of carbonyl (C=O) groups is 1. The number of halogens is 1. The van der Waals surface area contributed by atoms with E-state index in [1.807, 2.05) is 24.3 Å². The van der Waals surface area contributed by atoms with Gasteiger partial charge in [-0.15, -0.1) is 0 Å². The number of carboxylic acids is 1. The van der Waals surface area contributed by atoms with Crippen LogP contribution in [-0.2, 0) is 4.79 Å². The van der Waals surface area contributed by atoms with Gasteiger partial charge in [-0.25, -0.2) is 0 Å². The van der Waals surface area contributed by atoms with E-state index in [1.165, 1.54) is 18.4 Å². The highest BCUT2D eigenvalue weighted by molar-refractivity contribution is 6.31. The van der Waals surface area contributed by atoms with E-state index in [1.54, 1.807) is 0 Å². The lowest BCUT2D eigenvalue weighted by Crippen LogP contribution is -2.21. The highest BCUT2D eigenvalue weighted by atomic mass is 35.5.